The van der Waals surface area contributed by atoms with Crippen LogP contribution in [-0.4, -0.2) is 81.1 Å². The van der Waals surface area contributed by atoms with Crippen molar-refractivity contribution in [1.29, 1.82) is 0 Å². The molecule has 7 rings (SSSR count). The fourth-order valence-corrected chi connectivity index (χ4v) is 6.77. The molecule has 1 unspecified atom stereocenters. The average molecular weight is 651 g/mol. The highest BCUT2D eigenvalue weighted by Crippen LogP contribution is 2.47. The second kappa shape index (κ2) is 12.3. The molecule has 3 aromatic carbocycles. The number of aliphatic imine (C=N–C) groups is 1. The van der Waals surface area contributed by atoms with Gasteiger partial charge in [0.2, 0.25) is 0 Å². The first-order valence-electron chi connectivity index (χ1n) is 16.0. The maximum absolute atomic E-state index is 13.7. The molecule has 248 valence electrons. The van der Waals surface area contributed by atoms with Crippen LogP contribution in [-0.2, 0) is 0 Å². The van der Waals surface area contributed by atoms with E-state index in [1.165, 1.54) is 0 Å². The van der Waals surface area contributed by atoms with Crippen molar-refractivity contribution in [3.63, 3.8) is 0 Å². The van der Waals surface area contributed by atoms with Gasteiger partial charge in [-0.15, -0.1) is 0 Å². The van der Waals surface area contributed by atoms with Gasteiger partial charge in [-0.3, -0.25) is 19.5 Å². The van der Waals surface area contributed by atoms with Gasteiger partial charge in [0.15, 0.2) is 23.0 Å². The Balaban J connectivity index is 1.01. The molecule has 0 aliphatic carbocycles. The van der Waals surface area contributed by atoms with Crippen molar-refractivity contribution in [3.8, 4) is 28.7 Å². The maximum atomic E-state index is 13.7. The summed E-state index contributed by atoms with van der Waals surface area (Å²) in [6, 6.07) is 14.7. The fraction of sp³-hybridized carbons (Fsp3) is 0.324. The smallest absolute Gasteiger partial charge is 0.262 e. The lowest BCUT2D eigenvalue weighted by molar-refractivity contribution is 0.0589. The van der Waals surface area contributed by atoms with Crippen LogP contribution in [0.2, 0.25) is 0 Å². The van der Waals surface area contributed by atoms with E-state index in [-0.39, 0.29) is 17.9 Å². The molecule has 0 bridgehead atoms. The lowest BCUT2D eigenvalue weighted by atomic mass is 9.90. The molecule has 11 heteroatoms. The second-order valence-corrected chi connectivity index (χ2v) is 12.0. The normalized spacial score (nSPS) is 20.2. The van der Waals surface area contributed by atoms with Crippen LogP contribution in [0.4, 0.5) is 11.4 Å². The van der Waals surface area contributed by atoms with Gasteiger partial charge in [-0.1, -0.05) is 19.1 Å². The molecular weight excluding hydrogens is 612 g/mol. The standard InChI is InChI=1S/C37H38N4O7/c1-6-37-12-13-41(37)36(43)28-18-32(46-5)34(20-30(28)39(37)2)48-15-7-14-47-33-19-29-27(17-31(33)45-4)35(42)40-22-24(16-25(40)21-38-29)23-8-10-26(44-3)11-9-23/h8-13,17-22,25H,6-7,14-16H2,1-5H3/t25-,37?/m0/s1. The predicted molar refractivity (Wildman–Crippen MR) is 182 cm³/mol. The number of nitrogens with zero attached hydrogens (tertiary/aromatic N) is 4. The van der Waals surface area contributed by atoms with Crippen LogP contribution < -0.4 is 28.6 Å². The molecule has 2 atom stereocenters. The highest BCUT2D eigenvalue weighted by Gasteiger charge is 2.50. The summed E-state index contributed by atoms with van der Waals surface area (Å²) in [5.74, 6) is 2.57. The zero-order valence-electron chi connectivity index (χ0n) is 27.7. The number of carbonyl (C=O) groups is 2. The van der Waals surface area contributed by atoms with Gasteiger partial charge in [-0.05, 0) is 47.9 Å². The largest absolute Gasteiger partial charge is 0.497 e. The predicted octanol–water partition coefficient (Wildman–Crippen LogP) is 6.06. The SMILES string of the molecule is CCC12C=CN1C(=O)c1cc(OC)c(OCCCOc3cc4c(cc3OC)C(=O)N3C=C(c5ccc(OC)cc5)C[C@H]3C=N4)cc1N2C. The fourth-order valence-electron chi connectivity index (χ4n) is 6.77. The minimum atomic E-state index is -0.460. The molecule has 0 radical (unpaired) electrons. The summed E-state index contributed by atoms with van der Waals surface area (Å²) in [4.78, 5) is 37.2. The van der Waals surface area contributed by atoms with Crippen molar-refractivity contribution in [2.75, 3.05) is 46.5 Å². The summed E-state index contributed by atoms with van der Waals surface area (Å²) < 4.78 is 28.7. The van der Waals surface area contributed by atoms with E-state index >= 15 is 0 Å². The minimum absolute atomic E-state index is 0.0541. The molecule has 2 amide bonds. The van der Waals surface area contributed by atoms with E-state index in [4.69, 9.17) is 28.7 Å². The molecule has 4 aliphatic rings. The Labute approximate surface area is 279 Å². The first-order chi connectivity index (χ1) is 23.3. The molecule has 0 saturated carbocycles. The highest BCUT2D eigenvalue weighted by molar-refractivity contribution is 6.06. The number of amides is 2. The number of rotatable bonds is 11. The van der Waals surface area contributed by atoms with Crippen molar-refractivity contribution < 1.29 is 33.3 Å². The topological polar surface area (TPSA) is 102 Å². The molecule has 0 spiro atoms. The van der Waals surface area contributed by atoms with Crippen LogP contribution in [0.15, 0.2) is 72.0 Å². The van der Waals surface area contributed by atoms with Gasteiger partial charge in [-0.2, -0.15) is 0 Å². The first kappa shape index (κ1) is 31.2. The summed E-state index contributed by atoms with van der Waals surface area (Å²) in [5, 5.41) is 0. The molecular formula is C37H38N4O7. The number of hydrogen-bond donors (Lipinski definition) is 0. The summed E-state index contributed by atoms with van der Waals surface area (Å²) in [6.07, 6.45) is 9.58. The Hall–Kier alpha value is -5.45. The average Bonchev–Trinajstić information content (AvgIpc) is 3.48. The van der Waals surface area contributed by atoms with Crippen molar-refractivity contribution in [1.82, 2.24) is 9.80 Å². The van der Waals surface area contributed by atoms with Gasteiger partial charge in [0.25, 0.3) is 11.8 Å². The van der Waals surface area contributed by atoms with E-state index < -0.39 is 5.66 Å². The van der Waals surface area contributed by atoms with Gasteiger partial charge in [0.1, 0.15) is 11.4 Å². The van der Waals surface area contributed by atoms with E-state index in [1.807, 2.05) is 62.1 Å². The summed E-state index contributed by atoms with van der Waals surface area (Å²) in [5.41, 5.74) is 3.98. The van der Waals surface area contributed by atoms with Crippen molar-refractivity contribution in [2.45, 2.75) is 37.9 Å². The second-order valence-electron chi connectivity index (χ2n) is 12.0. The van der Waals surface area contributed by atoms with Crippen LogP contribution in [0.5, 0.6) is 28.7 Å². The van der Waals surface area contributed by atoms with Crippen LogP contribution in [0.25, 0.3) is 5.57 Å². The summed E-state index contributed by atoms with van der Waals surface area (Å²) in [6.45, 7) is 2.75. The number of ether oxygens (including phenoxy) is 5. The number of methoxy groups -OCH3 is 3. The monoisotopic (exact) mass is 650 g/mol. The number of likely N-dealkylation sites (N-methyl/N-ethyl adjacent to an activating group) is 1. The van der Waals surface area contributed by atoms with Crippen LogP contribution >= 0.6 is 0 Å². The summed E-state index contributed by atoms with van der Waals surface area (Å²) >= 11 is 0. The van der Waals surface area contributed by atoms with E-state index in [1.54, 1.807) is 49.3 Å². The molecule has 0 saturated heterocycles. The molecule has 3 aromatic rings. The van der Waals surface area contributed by atoms with E-state index in [2.05, 4.69) is 11.8 Å². The summed E-state index contributed by atoms with van der Waals surface area (Å²) in [7, 11) is 6.74. The van der Waals surface area contributed by atoms with Gasteiger partial charge in [0, 0.05) is 50.6 Å². The maximum Gasteiger partial charge on any atom is 0.262 e. The molecule has 4 heterocycles. The zero-order valence-corrected chi connectivity index (χ0v) is 27.7. The number of anilines is 1. The number of fused-ring (bicyclic) bond motifs is 4. The van der Waals surface area contributed by atoms with E-state index in [0.717, 1.165) is 29.0 Å². The Bertz CT molecular complexity index is 1870. The minimum Gasteiger partial charge on any atom is -0.497 e. The number of benzene rings is 3. The Kier molecular flexibility index (Phi) is 7.98. The molecule has 4 aliphatic heterocycles. The van der Waals surface area contributed by atoms with Gasteiger partial charge >= 0.3 is 0 Å². The molecule has 48 heavy (non-hydrogen) atoms. The van der Waals surface area contributed by atoms with E-state index in [9.17, 15) is 9.59 Å². The molecule has 11 nitrogen and oxygen atoms in total. The number of hydrogen-bond acceptors (Lipinski definition) is 9. The molecule has 0 fully saturated rings. The quantitative estimate of drug-likeness (QED) is 0.231. The Morgan fingerprint density at radius 1 is 0.854 bits per heavy atom. The van der Waals surface area contributed by atoms with Gasteiger partial charge in [-0.25, -0.2) is 0 Å². The third-order valence-corrected chi connectivity index (χ3v) is 9.58. The Morgan fingerprint density at radius 2 is 1.54 bits per heavy atom. The molecule has 0 N–H and O–H groups in total. The van der Waals surface area contributed by atoms with Gasteiger partial charge in [0.05, 0.1) is 63.1 Å². The lowest BCUT2D eigenvalue weighted by Gasteiger charge is -2.55. The van der Waals surface area contributed by atoms with Crippen molar-refractivity contribution in [3.05, 3.63) is 83.7 Å². The number of carbonyl (C=O) groups excluding carboxylic acids is 2. The van der Waals surface area contributed by atoms with Crippen LogP contribution in [0.1, 0.15) is 52.5 Å². The van der Waals surface area contributed by atoms with E-state index in [0.29, 0.717) is 65.9 Å². The molecule has 0 aromatic heterocycles. The van der Waals surface area contributed by atoms with Gasteiger partial charge < -0.3 is 33.5 Å². The van der Waals surface area contributed by atoms with Crippen molar-refractivity contribution >= 4 is 35.0 Å². The van der Waals surface area contributed by atoms with Crippen LogP contribution in [0, 0.1) is 0 Å². The zero-order chi connectivity index (χ0) is 33.6. The lowest BCUT2D eigenvalue weighted by Crippen LogP contribution is -2.65. The third kappa shape index (κ3) is 5.01. The van der Waals surface area contributed by atoms with Crippen LogP contribution in [0.3, 0.4) is 0 Å². The Morgan fingerprint density at radius 3 is 2.17 bits per heavy atom. The first-order valence-corrected chi connectivity index (χ1v) is 16.0. The third-order valence-electron chi connectivity index (χ3n) is 9.58. The highest BCUT2D eigenvalue weighted by atomic mass is 16.5. The van der Waals surface area contributed by atoms with Crippen molar-refractivity contribution in [2.24, 2.45) is 4.99 Å².